The average Bonchev–Trinajstić information content (AvgIpc) is 3.03. The maximum absolute atomic E-state index is 11.9. The number of carbonyl (C=O) groups excluding carboxylic acids is 2. The number of hydrogen-bond acceptors (Lipinski definition) is 5. The quantitative estimate of drug-likeness (QED) is 0.147. The third kappa shape index (κ3) is 16.3. The first-order chi connectivity index (χ1) is 14.0. The number of rotatable bonds is 19. The molecule has 0 radical (unpaired) electrons. The van der Waals surface area contributed by atoms with Crippen LogP contribution >= 0.6 is 0 Å². The van der Waals surface area contributed by atoms with Crippen LogP contribution in [0.5, 0.6) is 0 Å². The van der Waals surface area contributed by atoms with Crippen LogP contribution < -0.4 is 59.1 Å². The average molecular weight is 480 g/mol. The van der Waals surface area contributed by atoms with Gasteiger partial charge in [0.15, 0.2) is 0 Å². The summed E-state index contributed by atoms with van der Waals surface area (Å²) in [6.07, 6.45) is 19.8. The van der Waals surface area contributed by atoms with Gasteiger partial charge in [0.2, 0.25) is 11.8 Å². The summed E-state index contributed by atoms with van der Waals surface area (Å²) in [6, 6.07) is 0. The van der Waals surface area contributed by atoms with E-state index in [1.54, 1.807) is 0 Å². The van der Waals surface area contributed by atoms with Crippen molar-refractivity contribution < 1.29 is 84.2 Å². The predicted molar refractivity (Wildman–Crippen MR) is 118 cm³/mol. The van der Waals surface area contributed by atoms with Crippen molar-refractivity contribution in [3.05, 3.63) is 0 Å². The second-order valence-corrected chi connectivity index (χ2v) is 9.59. The fourth-order valence-corrected chi connectivity index (χ4v) is 4.79. The summed E-state index contributed by atoms with van der Waals surface area (Å²) < 4.78 is 28.9. The van der Waals surface area contributed by atoms with Gasteiger partial charge in [0.05, 0.1) is 6.61 Å². The number of unbranched alkanes of at least 4 members (excludes halogenated alkanes) is 15. The van der Waals surface area contributed by atoms with Crippen LogP contribution in [0.25, 0.3) is 0 Å². The van der Waals surface area contributed by atoms with E-state index in [-0.39, 0.29) is 85.7 Å². The zero-order valence-corrected chi connectivity index (χ0v) is 25.1. The van der Waals surface area contributed by atoms with Crippen LogP contribution in [-0.2, 0) is 24.1 Å². The van der Waals surface area contributed by atoms with Crippen molar-refractivity contribution in [2.45, 2.75) is 122 Å². The fraction of sp³-hybridized carbons (Fsp3) is 0.909. The summed E-state index contributed by atoms with van der Waals surface area (Å²) in [7, 11) is -4.24. The molecule has 0 unspecified atom stereocenters. The largest absolute Gasteiger partial charge is 1.00 e. The molecule has 174 valence electrons. The number of hydrogen-bond donors (Lipinski definition) is 0. The van der Waals surface area contributed by atoms with Crippen molar-refractivity contribution in [1.82, 2.24) is 4.31 Å². The Kier molecular flexibility index (Phi) is 23.8. The van der Waals surface area contributed by atoms with E-state index in [2.05, 4.69) is 6.92 Å². The molecule has 2 amide bonds. The number of nitrogens with zero attached hydrogens (tertiary/aromatic N) is 1. The molecule has 1 fully saturated rings. The normalized spacial score (nSPS) is 13.9. The number of carbonyl (C=O) groups is 2. The Bertz CT molecular complexity index is 567. The minimum Gasteiger partial charge on any atom is -1.00 e. The monoisotopic (exact) mass is 479 g/mol. The van der Waals surface area contributed by atoms with E-state index >= 15 is 0 Å². The summed E-state index contributed by atoms with van der Waals surface area (Å²) in [5, 5.41) is 0. The fourth-order valence-electron chi connectivity index (χ4n) is 3.67. The summed E-state index contributed by atoms with van der Waals surface area (Å²) >= 11 is 0. The van der Waals surface area contributed by atoms with Crippen LogP contribution in [0.4, 0.5) is 0 Å². The zero-order chi connectivity index (χ0) is 21.4. The van der Waals surface area contributed by atoms with Gasteiger partial charge in [0, 0.05) is 12.8 Å². The van der Waals surface area contributed by atoms with Crippen LogP contribution in [0.1, 0.15) is 125 Å². The molecule has 1 aliphatic rings. The van der Waals surface area contributed by atoms with E-state index in [0.29, 0.717) is 6.42 Å². The van der Waals surface area contributed by atoms with Crippen LogP contribution in [0.3, 0.4) is 0 Å². The van der Waals surface area contributed by atoms with Gasteiger partial charge in [-0.2, -0.15) is 12.7 Å². The molecule has 31 heavy (non-hydrogen) atoms. The van der Waals surface area contributed by atoms with Gasteiger partial charge in [-0.1, -0.05) is 103 Å². The smallest absolute Gasteiger partial charge is 1.00 e. The van der Waals surface area contributed by atoms with Crippen LogP contribution in [0.15, 0.2) is 0 Å². The Labute approximate surface area is 237 Å². The van der Waals surface area contributed by atoms with Gasteiger partial charge in [-0.25, -0.2) is 0 Å². The Hall–Kier alpha value is 1.05. The van der Waals surface area contributed by atoms with E-state index in [9.17, 15) is 18.0 Å². The molecule has 0 aromatic carbocycles. The van der Waals surface area contributed by atoms with Gasteiger partial charge < -0.3 is 2.85 Å². The predicted octanol–water partition coefficient (Wildman–Crippen LogP) is -0.109. The van der Waals surface area contributed by atoms with Gasteiger partial charge in [-0.3, -0.25) is 13.8 Å². The minimum atomic E-state index is -4.24. The molecular weight excluding hydrogens is 436 g/mol. The van der Waals surface area contributed by atoms with E-state index < -0.39 is 22.1 Å². The van der Waals surface area contributed by atoms with Gasteiger partial charge in [-0.05, 0) is 6.42 Å². The number of amides is 2. The molecule has 0 aliphatic carbocycles. The molecule has 0 aromatic heterocycles. The molecule has 0 spiro atoms. The van der Waals surface area contributed by atoms with Gasteiger partial charge in [-0.15, -0.1) is 0 Å². The molecule has 0 N–H and O–H groups in total. The molecule has 1 aliphatic heterocycles. The minimum absolute atomic E-state index is 0. The van der Waals surface area contributed by atoms with Crippen molar-refractivity contribution in [2.24, 2.45) is 0 Å². The van der Waals surface area contributed by atoms with E-state index in [4.69, 9.17) is 4.18 Å². The number of imide groups is 1. The summed E-state index contributed by atoms with van der Waals surface area (Å²) in [5.74, 6) is -1.39. The van der Waals surface area contributed by atoms with Crippen LogP contribution in [0.2, 0.25) is 0 Å². The summed E-state index contributed by atoms with van der Waals surface area (Å²) in [6.45, 7) is 2.28. The van der Waals surface area contributed by atoms with Crippen molar-refractivity contribution in [1.29, 1.82) is 0 Å². The Morgan fingerprint density at radius 3 is 1.35 bits per heavy atom. The van der Waals surface area contributed by atoms with Crippen LogP contribution in [0, 0.1) is 0 Å². The molecule has 0 saturated carbocycles. The molecular formula is C22H43NNa2O5S. The standard InChI is InChI=1S/C22H41NO5S.2Na.2H/c1-2-3-4-5-6-7-8-9-10-11-12-13-14-15-16-17-20-28-29(26,27)23-21(24)18-19-22(23)25;;;;/h2-20H2,1H3;;;;/q;2*+1;2*-1. The molecule has 0 atom stereocenters. The van der Waals surface area contributed by atoms with Crippen molar-refractivity contribution >= 4 is 22.1 Å². The topological polar surface area (TPSA) is 80.8 Å². The van der Waals surface area contributed by atoms with E-state index in [0.717, 1.165) is 19.3 Å². The van der Waals surface area contributed by atoms with Crippen molar-refractivity contribution in [3.63, 3.8) is 0 Å². The van der Waals surface area contributed by atoms with Crippen molar-refractivity contribution in [3.8, 4) is 0 Å². The van der Waals surface area contributed by atoms with Crippen molar-refractivity contribution in [2.75, 3.05) is 6.61 Å². The third-order valence-corrected chi connectivity index (χ3v) is 6.78. The third-order valence-electron chi connectivity index (χ3n) is 5.46. The van der Waals surface area contributed by atoms with Gasteiger partial charge in [0.1, 0.15) is 0 Å². The van der Waals surface area contributed by atoms with E-state index in [1.165, 1.54) is 77.0 Å². The zero-order valence-electron chi connectivity index (χ0n) is 22.3. The molecule has 9 heteroatoms. The summed E-state index contributed by atoms with van der Waals surface area (Å²) in [4.78, 5) is 22.9. The second-order valence-electron chi connectivity index (χ2n) is 8.13. The van der Waals surface area contributed by atoms with Crippen LogP contribution in [-0.4, -0.2) is 31.1 Å². The van der Waals surface area contributed by atoms with E-state index in [1.807, 2.05) is 0 Å². The molecule has 1 rings (SSSR count). The maximum atomic E-state index is 11.9. The Morgan fingerprint density at radius 2 is 1.00 bits per heavy atom. The van der Waals surface area contributed by atoms with Gasteiger partial charge in [0.25, 0.3) is 0 Å². The molecule has 0 aromatic rings. The first-order valence-corrected chi connectivity index (χ1v) is 13.1. The first kappa shape index (κ1) is 34.2. The first-order valence-electron chi connectivity index (χ1n) is 11.7. The maximum Gasteiger partial charge on any atom is 1.00 e. The summed E-state index contributed by atoms with van der Waals surface area (Å²) in [5.41, 5.74) is 0. The molecule has 6 nitrogen and oxygen atoms in total. The Morgan fingerprint density at radius 1 is 0.677 bits per heavy atom. The molecule has 1 saturated heterocycles. The Balaban J connectivity index is -0.00000105. The SMILES string of the molecule is CCCCCCCCCCCCCCCCCCOS(=O)(=O)N1C(=O)CCC1=O.[H-].[H-].[Na+].[Na+]. The second kappa shape index (κ2) is 21.6. The van der Waals surface area contributed by atoms with Gasteiger partial charge >= 0.3 is 69.4 Å². The molecule has 1 heterocycles. The molecule has 0 bridgehead atoms.